The highest BCUT2D eigenvalue weighted by atomic mass is 35.5. The number of imide groups is 1. The van der Waals surface area contributed by atoms with Gasteiger partial charge in [0.1, 0.15) is 6.04 Å². The van der Waals surface area contributed by atoms with Gasteiger partial charge in [-0.3, -0.25) is 24.5 Å². The zero-order chi connectivity index (χ0) is 23.9. The Labute approximate surface area is 188 Å². The molecule has 0 radical (unpaired) electrons. The van der Waals surface area contributed by atoms with Crippen LogP contribution in [0.4, 0.5) is 8.78 Å². The van der Waals surface area contributed by atoms with E-state index in [0.717, 1.165) is 12.1 Å². The standard InChI is InChI=1S/C23H19ClF2N2O4/c24-16-5-3-15(4-6-16)23(25,26)19(29)9-2-13-1-7-17-14(11-13)12-28(22(17)32)18-8-10-20(30)27-21(18)31/h1,3-7,11,18H,2,8-10,12H2,(H,27,30,31)/i11D. The highest BCUT2D eigenvalue weighted by Gasteiger charge is 2.41. The molecule has 3 amide bonds. The maximum absolute atomic E-state index is 14.5. The summed E-state index contributed by atoms with van der Waals surface area (Å²) in [7, 11) is 0. The predicted molar refractivity (Wildman–Crippen MR) is 111 cm³/mol. The number of Topliss-reactive ketones (excluding diaryl/α,β-unsaturated/α-hetero) is 1. The molecule has 1 atom stereocenters. The Morgan fingerprint density at radius 2 is 1.91 bits per heavy atom. The molecule has 2 aromatic carbocycles. The van der Waals surface area contributed by atoms with Crippen LogP contribution in [0.25, 0.3) is 0 Å². The van der Waals surface area contributed by atoms with Crippen LogP contribution < -0.4 is 5.32 Å². The maximum Gasteiger partial charge on any atom is 0.330 e. The number of nitrogens with one attached hydrogen (secondary N) is 1. The molecule has 6 nitrogen and oxygen atoms in total. The van der Waals surface area contributed by atoms with Gasteiger partial charge in [0.2, 0.25) is 17.6 Å². The van der Waals surface area contributed by atoms with Gasteiger partial charge in [-0.1, -0.05) is 35.8 Å². The molecule has 32 heavy (non-hydrogen) atoms. The van der Waals surface area contributed by atoms with Crippen LogP contribution >= 0.6 is 11.6 Å². The maximum atomic E-state index is 14.5. The number of fused-ring (bicyclic) bond motifs is 1. The number of aryl methyl sites for hydroxylation is 1. The molecule has 2 aliphatic rings. The van der Waals surface area contributed by atoms with Crippen molar-refractivity contribution in [1.82, 2.24) is 10.2 Å². The van der Waals surface area contributed by atoms with Crippen molar-refractivity contribution in [1.29, 1.82) is 0 Å². The number of rotatable bonds is 6. The third kappa shape index (κ3) is 4.14. The molecular weight excluding hydrogens is 442 g/mol. The average Bonchev–Trinajstić information content (AvgIpc) is 3.10. The van der Waals surface area contributed by atoms with E-state index in [4.69, 9.17) is 13.0 Å². The lowest BCUT2D eigenvalue weighted by Crippen LogP contribution is -2.52. The van der Waals surface area contributed by atoms with Crippen LogP contribution in [0, 0.1) is 0 Å². The van der Waals surface area contributed by atoms with Crippen LogP contribution in [-0.4, -0.2) is 34.4 Å². The molecule has 0 spiro atoms. The molecule has 1 fully saturated rings. The fraction of sp³-hybridized carbons (Fsp3) is 0.304. The van der Waals surface area contributed by atoms with Crippen molar-refractivity contribution in [2.24, 2.45) is 0 Å². The number of piperidine rings is 1. The van der Waals surface area contributed by atoms with Crippen molar-refractivity contribution in [3.05, 3.63) is 69.7 Å². The van der Waals surface area contributed by atoms with Crippen LogP contribution in [0.1, 0.15) is 47.7 Å². The van der Waals surface area contributed by atoms with Gasteiger partial charge in [0.15, 0.2) is 0 Å². The van der Waals surface area contributed by atoms with Crippen LogP contribution in [0.2, 0.25) is 5.02 Å². The Kier molecular flexibility index (Phi) is 5.46. The van der Waals surface area contributed by atoms with E-state index in [1.807, 2.05) is 0 Å². The first-order valence-corrected chi connectivity index (χ1v) is 10.4. The summed E-state index contributed by atoms with van der Waals surface area (Å²) < 4.78 is 37.5. The number of halogens is 3. The summed E-state index contributed by atoms with van der Waals surface area (Å²) in [5, 5.41) is 2.49. The number of carbonyl (C=O) groups excluding carboxylic acids is 4. The normalized spacial score (nSPS) is 19.0. The van der Waals surface area contributed by atoms with Gasteiger partial charge in [0.25, 0.3) is 5.91 Å². The zero-order valence-electron chi connectivity index (χ0n) is 17.8. The first kappa shape index (κ1) is 20.8. The minimum absolute atomic E-state index is 0.00198. The number of hydrogen-bond acceptors (Lipinski definition) is 4. The first-order chi connectivity index (χ1) is 15.6. The second-order valence-corrected chi connectivity index (χ2v) is 8.22. The topological polar surface area (TPSA) is 83.6 Å². The van der Waals surface area contributed by atoms with E-state index in [1.54, 1.807) is 0 Å². The fourth-order valence-corrected chi connectivity index (χ4v) is 4.04. The number of carbonyl (C=O) groups is 4. The van der Waals surface area contributed by atoms with Crippen molar-refractivity contribution in [2.45, 2.75) is 44.2 Å². The van der Waals surface area contributed by atoms with Crippen molar-refractivity contribution >= 4 is 35.1 Å². The number of ketones is 1. The van der Waals surface area contributed by atoms with E-state index in [9.17, 15) is 28.0 Å². The quantitative estimate of drug-likeness (QED) is 0.668. The Hall–Kier alpha value is -3.13. The molecule has 0 saturated carbocycles. The SMILES string of the molecule is [2H]c1c(CCC(=O)C(F)(F)c2ccc(Cl)cc2)ccc2c1CN(C1CCC(=O)NC1=O)C2=O. The molecule has 1 saturated heterocycles. The van der Waals surface area contributed by atoms with Gasteiger partial charge in [-0.25, -0.2) is 0 Å². The summed E-state index contributed by atoms with van der Waals surface area (Å²) in [6.45, 7) is 0.00198. The molecule has 166 valence electrons. The summed E-state index contributed by atoms with van der Waals surface area (Å²) in [4.78, 5) is 49.9. The number of benzene rings is 2. The molecule has 2 heterocycles. The Balaban J connectivity index is 1.48. The lowest BCUT2D eigenvalue weighted by Gasteiger charge is -2.29. The molecule has 9 heteroatoms. The molecular formula is C23H19ClF2N2O4. The smallest absolute Gasteiger partial charge is 0.322 e. The highest BCUT2D eigenvalue weighted by Crippen LogP contribution is 2.32. The predicted octanol–water partition coefficient (Wildman–Crippen LogP) is 3.39. The summed E-state index contributed by atoms with van der Waals surface area (Å²) >= 11 is 5.72. The van der Waals surface area contributed by atoms with Crippen LogP contribution in [-0.2, 0) is 33.3 Å². The van der Waals surface area contributed by atoms with Crippen LogP contribution in [0.15, 0.2) is 42.4 Å². The molecule has 1 N–H and O–H groups in total. The third-order valence-corrected chi connectivity index (χ3v) is 5.92. The largest absolute Gasteiger partial charge is 0.330 e. The van der Waals surface area contributed by atoms with Crippen molar-refractivity contribution in [3.8, 4) is 0 Å². The van der Waals surface area contributed by atoms with Crippen LogP contribution in [0.5, 0.6) is 0 Å². The Morgan fingerprint density at radius 3 is 2.59 bits per heavy atom. The second-order valence-electron chi connectivity index (χ2n) is 7.78. The van der Waals surface area contributed by atoms with Gasteiger partial charge in [-0.05, 0) is 42.2 Å². The van der Waals surface area contributed by atoms with Crippen LogP contribution in [0.3, 0.4) is 0 Å². The fourth-order valence-electron chi connectivity index (χ4n) is 3.91. The molecule has 1 unspecified atom stereocenters. The van der Waals surface area contributed by atoms with E-state index >= 15 is 0 Å². The molecule has 2 aromatic rings. The first-order valence-electron chi connectivity index (χ1n) is 10.5. The Morgan fingerprint density at radius 1 is 1.19 bits per heavy atom. The molecule has 0 aromatic heterocycles. The minimum Gasteiger partial charge on any atom is -0.322 e. The van der Waals surface area contributed by atoms with E-state index in [0.29, 0.717) is 11.1 Å². The Bertz CT molecular complexity index is 1170. The summed E-state index contributed by atoms with van der Waals surface area (Å²) in [5.74, 6) is -6.36. The van der Waals surface area contributed by atoms with Gasteiger partial charge < -0.3 is 4.90 Å². The number of alkyl halides is 2. The van der Waals surface area contributed by atoms with E-state index in [-0.39, 0.29) is 42.4 Å². The number of amides is 3. The summed E-state index contributed by atoms with van der Waals surface area (Å²) in [5.41, 5.74) is 0.528. The lowest BCUT2D eigenvalue weighted by atomic mass is 9.97. The number of nitrogens with zero attached hydrogens (tertiary/aromatic N) is 1. The van der Waals surface area contributed by atoms with Gasteiger partial charge in [-0.2, -0.15) is 8.78 Å². The molecule has 2 aliphatic heterocycles. The summed E-state index contributed by atoms with van der Waals surface area (Å²) in [6.07, 6.45) is -0.288. The van der Waals surface area contributed by atoms with E-state index in [1.165, 1.54) is 29.2 Å². The molecule has 0 bridgehead atoms. The van der Waals surface area contributed by atoms with Crippen molar-refractivity contribution < 1.29 is 29.3 Å². The molecule has 4 rings (SSSR count). The van der Waals surface area contributed by atoms with Gasteiger partial charge in [-0.15, -0.1) is 0 Å². The minimum atomic E-state index is -3.69. The van der Waals surface area contributed by atoms with Gasteiger partial charge in [0, 0.05) is 35.5 Å². The monoisotopic (exact) mass is 461 g/mol. The molecule has 0 aliphatic carbocycles. The second kappa shape index (κ2) is 8.43. The van der Waals surface area contributed by atoms with Gasteiger partial charge in [0.05, 0.1) is 1.37 Å². The zero-order valence-corrected chi connectivity index (χ0v) is 17.5. The third-order valence-electron chi connectivity index (χ3n) is 5.67. The lowest BCUT2D eigenvalue weighted by molar-refractivity contribution is -0.144. The average molecular weight is 462 g/mol. The summed E-state index contributed by atoms with van der Waals surface area (Å²) in [6, 6.07) is 6.89. The highest BCUT2D eigenvalue weighted by molar-refractivity contribution is 6.30. The van der Waals surface area contributed by atoms with Gasteiger partial charge >= 0.3 is 5.92 Å². The van der Waals surface area contributed by atoms with E-state index in [2.05, 4.69) is 5.32 Å². The van der Waals surface area contributed by atoms with E-state index < -0.39 is 47.5 Å². The number of hydrogen-bond donors (Lipinski definition) is 1. The van der Waals surface area contributed by atoms with Crippen molar-refractivity contribution in [2.75, 3.05) is 0 Å². The van der Waals surface area contributed by atoms with Crippen molar-refractivity contribution in [3.63, 3.8) is 0 Å².